The van der Waals surface area contributed by atoms with E-state index in [-0.39, 0.29) is 5.91 Å². The van der Waals surface area contributed by atoms with Crippen molar-refractivity contribution in [2.75, 3.05) is 6.54 Å². The summed E-state index contributed by atoms with van der Waals surface area (Å²) in [5.74, 6) is 8.12. The average molecular weight is 243 g/mol. The number of hydrogen-bond donors (Lipinski definition) is 1. The fourth-order valence-corrected chi connectivity index (χ4v) is 1.06. The number of allylic oxidation sites excluding steroid dienone is 3. The Morgan fingerprint density at radius 2 is 2.22 bits per heavy atom. The third-order valence-electron chi connectivity index (χ3n) is 2.41. The molecule has 0 aliphatic rings. The first-order valence-electron chi connectivity index (χ1n) is 6.25. The lowest BCUT2D eigenvalue weighted by Crippen LogP contribution is -2.26. The van der Waals surface area contributed by atoms with Crippen LogP contribution in [0.4, 0.5) is 0 Å². The van der Waals surface area contributed by atoms with E-state index < -0.39 is 0 Å². The van der Waals surface area contributed by atoms with E-state index in [9.17, 15) is 4.79 Å². The molecular formula is C16H21NO. The highest BCUT2D eigenvalue weighted by Gasteiger charge is 1.99. The van der Waals surface area contributed by atoms with Gasteiger partial charge in [0.1, 0.15) is 0 Å². The van der Waals surface area contributed by atoms with Crippen LogP contribution in [0.25, 0.3) is 0 Å². The van der Waals surface area contributed by atoms with Crippen molar-refractivity contribution in [2.24, 2.45) is 5.92 Å². The van der Waals surface area contributed by atoms with Crippen LogP contribution >= 0.6 is 0 Å². The number of carbonyl (C=O) groups excluding carboxylic acids is 1. The summed E-state index contributed by atoms with van der Waals surface area (Å²) in [4.78, 5) is 11.4. The van der Waals surface area contributed by atoms with Crippen molar-refractivity contribution in [3.05, 3.63) is 24.3 Å². The SMILES string of the molecule is C#CC#CCCC=CC=CC(=O)NCC(C)CC. The summed E-state index contributed by atoms with van der Waals surface area (Å²) in [6.45, 7) is 4.95. The van der Waals surface area contributed by atoms with Gasteiger partial charge in [-0.2, -0.15) is 0 Å². The van der Waals surface area contributed by atoms with Gasteiger partial charge >= 0.3 is 0 Å². The number of hydrogen-bond acceptors (Lipinski definition) is 1. The first-order chi connectivity index (χ1) is 8.70. The number of amides is 1. The molecule has 1 N–H and O–H groups in total. The molecule has 96 valence electrons. The predicted molar refractivity (Wildman–Crippen MR) is 76.6 cm³/mol. The van der Waals surface area contributed by atoms with Crippen LogP contribution in [0.2, 0.25) is 0 Å². The van der Waals surface area contributed by atoms with E-state index in [0.717, 1.165) is 25.8 Å². The van der Waals surface area contributed by atoms with Gasteiger partial charge in [-0.1, -0.05) is 44.4 Å². The van der Waals surface area contributed by atoms with Crippen molar-refractivity contribution in [3.8, 4) is 24.2 Å². The Kier molecular flexibility index (Phi) is 10.3. The molecule has 0 aliphatic heterocycles. The zero-order valence-electron chi connectivity index (χ0n) is 11.2. The van der Waals surface area contributed by atoms with Gasteiger partial charge in [-0.05, 0) is 24.2 Å². The van der Waals surface area contributed by atoms with E-state index in [1.807, 2.05) is 12.2 Å². The molecule has 0 saturated heterocycles. The van der Waals surface area contributed by atoms with Crippen LogP contribution < -0.4 is 5.32 Å². The Balaban J connectivity index is 3.71. The van der Waals surface area contributed by atoms with Gasteiger partial charge in [-0.3, -0.25) is 4.79 Å². The Morgan fingerprint density at radius 1 is 1.44 bits per heavy atom. The van der Waals surface area contributed by atoms with Crippen LogP contribution in [0.3, 0.4) is 0 Å². The standard InChI is InChI=1S/C16H21NO/c1-4-6-7-8-9-10-11-12-13-16(18)17-14-15(3)5-2/h1,10-13,15H,5,8-9,14H2,2-3H3,(H,17,18). The van der Waals surface area contributed by atoms with Crippen molar-refractivity contribution in [1.29, 1.82) is 0 Å². The summed E-state index contributed by atoms with van der Waals surface area (Å²) in [6.07, 6.45) is 14.7. The molecule has 0 spiro atoms. The van der Waals surface area contributed by atoms with Gasteiger partial charge < -0.3 is 5.32 Å². The first kappa shape index (κ1) is 16.1. The molecule has 2 nitrogen and oxygen atoms in total. The molecule has 0 saturated carbocycles. The molecule has 1 unspecified atom stereocenters. The number of carbonyl (C=O) groups is 1. The number of terminal acetylenes is 1. The maximum absolute atomic E-state index is 11.4. The Morgan fingerprint density at radius 3 is 2.89 bits per heavy atom. The lowest BCUT2D eigenvalue weighted by Gasteiger charge is -2.07. The highest BCUT2D eigenvalue weighted by Crippen LogP contribution is 1.97. The zero-order valence-corrected chi connectivity index (χ0v) is 11.2. The Hall–Kier alpha value is -1.93. The van der Waals surface area contributed by atoms with E-state index in [1.54, 1.807) is 6.08 Å². The van der Waals surface area contributed by atoms with Gasteiger partial charge in [0.2, 0.25) is 5.91 Å². The molecule has 0 aromatic rings. The molecular weight excluding hydrogens is 222 g/mol. The topological polar surface area (TPSA) is 29.1 Å². The van der Waals surface area contributed by atoms with Crippen molar-refractivity contribution < 1.29 is 4.79 Å². The molecule has 0 aromatic heterocycles. The molecule has 0 fully saturated rings. The molecule has 1 atom stereocenters. The number of rotatable bonds is 7. The minimum absolute atomic E-state index is 0.0490. The minimum atomic E-state index is -0.0490. The molecule has 0 radical (unpaired) electrons. The minimum Gasteiger partial charge on any atom is -0.352 e. The Labute approximate surface area is 111 Å². The monoisotopic (exact) mass is 243 g/mol. The van der Waals surface area contributed by atoms with Gasteiger partial charge in [0, 0.05) is 19.0 Å². The largest absolute Gasteiger partial charge is 0.352 e. The molecule has 0 aromatic carbocycles. The fraction of sp³-hybridized carbons (Fsp3) is 0.438. The fourth-order valence-electron chi connectivity index (χ4n) is 1.06. The van der Waals surface area contributed by atoms with E-state index >= 15 is 0 Å². The highest BCUT2D eigenvalue weighted by molar-refractivity contribution is 5.87. The van der Waals surface area contributed by atoms with Crippen LogP contribution in [-0.2, 0) is 4.79 Å². The predicted octanol–water partition coefficient (Wildman–Crippen LogP) is 2.68. The van der Waals surface area contributed by atoms with Crippen molar-refractivity contribution >= 4 is 5.91 Å². The molecule has 2 heteroatoms. The van der Waals surface area contributed by atoms with Gasteiger partial charge in [-0.15, -0.1) is 6.42 Å². The summed E-state index contributed by atoms with van der Waals surface area (Å²) in [5.41, 5.74) is 0. The van der Waals surface area contributed by atoms with Gasteiger partial charge in [-0.25, -0.2) is 0 Å². The second-order valence-electron chi connectivity index (χ2n) is 4.03. The second-order valence-corrected chi connectivity index (χ2v) is 4.03. The van der Waals surface area contributed by atoms with Crippen molar-refractivity contribution in [3.63, 3.8) is 0 Å². The second kappa shape index (κ2) is 11.6. The van der Waals surface area contributed by atoms with Crippen molar-refractivity contribution in [1.82, 2.24) is 5.32 Å². The lowest BCUT2D eigenvalue weighted by atomic mass is 10.1. The van der Waals surface area contributed by atoms with Crippen LogP contribution in [0.15, 0.2) is 24.3 Å². The average Bonchev–Trinajstić information content (AvgIpc) is 2.39. The van der Waals surface area contributed by atoms with E-state index in [4.69, 9.17) is 6.42 Å². The first-order valence-corrected chi connectivity index (χ1v) is 6.25. The van der Waals surface area contributed by atoms with Crippen molar-refractivity contribution in [2.45, 2.75) is 33.1 Å². The van der Waals surface area contributed by atoms with Crippen LogP contribution in [0, 0.1) is 30.1 Å². The highest BCUT2D eigenvalue weighted by atomic mass is 16.1. The Bertz CT molecular complexity index is 388. The third kappa shape index (κ3) is 10.6. The van der Waals surface area contributed by atoms with E-state index in [0.29, 0.717) is 5.92 Å². The smallest absolute Gasteiger partial charge is 0.243 e. The van der Waals surface area contributed by atoms with Gasteiger partial charge in [0.15, 0.2) is 0 Å². The maximum Gasteiger partial charge on any atom is 0.243 e. The van der Waals surface area contributed by atoms with Crippen LogP contribution in [-0.4, -0.2) is 12.5 Å². The van der Waals surface area contributed by atoms with Gasteiger partial charge in [0.05, 0.1) is 0 Å². The number of unbranched alkanes of at least 4 members (excludes halogenated alkanes) is 1. The maximum atomic E-state index is 11.4. The molecule has 0 rings (SSSR count). The van der Waals surface area contributed by atoms with E-state index in [2.05, 4.69) is 36.9 Å². The summed E-state index contributed by atoms with van der Waals surface area (Å²) in [6, 6.07) is 0. The molecule has 1 amide bonds. The lowest BCUT2D eigenvalue weighted by molar-refractivity contribution is -0.116. The molecule has 0 heterocycles. The molecule has 0 aliphatic carbocycles. The van der Waals surface area contributed by atoms with E-state index in [1.165, 1.54) is 6.08 Å². The summed E-state index contributed by atoms with van der Waals surface area (Å²) >= 11 is 0. The molecule has 18 heavy (non-hydrogen) atoms. The summed E-state index contributed by atoms with van der Waals surface area (Å²) in [5, 5.41) is 2.85. The summed E-state index contributed by atoms with van der Waals surface area (Å²) < 4.78 is 0. The summed E-state index contributed by atoms with van der Waals surface area (Å²) in [7, 11) is 0. The number of nitrogens with one attached hydrogen (secondary N) is 1. The van der Waals surface area contributed by atoms with Crippen LogP contribution in [0.1, 0.15) is 33.1 Å². The normalized spacial score (nSPS) is 11.8. The molecule has 0 bridgehead atoms. The quantitative estimate of drug-likeness (QED) is 0.317. The zero-order chi connectivity index (χ0) is 13.6. The van der Waals surface area contributed by atoms with Crippen LogP contribution in [0.5, 0.6) is 0 Å². The third-order valence-corrected chi connectivity index (χ3v) is 2.41. The van der Waals surface area contributed by atoms with Gasteiger partial charge in [0.25, 0.3) is 0 Å².